The highest BCUT2D eigenvalue weighted by Crippen LogP contribution is 2.42. The molecular weight excluding hydrogens is 469 g/mol. The number of halogens is 1. The largest absolute Gasteiger partial charge is 0.361 e. The Morgan fingerprint density at radius 2 is 1.88 bits per heavy atom. The first-order valence-electron chi connectivity index (χ1n) is 8.52. The summed E-state index contributed by atoms with van der Waals surface area (Å²) in [7, 11) is -3.60. The van der Waals surface area contributed by atoms with Gasteiger partial charge in [-0.3, -0.25) is 0 Å². The van der Waals surface area contributed by atoms with Crippen LogP contribution in [0.15, 0.2) is 38.8 Å². The molecule has 8 heteroatoms. The molecule has 1 aromatic carbocycles. The summed E-state index contributed by atoms with van der Waals surface area (Å²) in [6.45, 7) is 7.66. The fraction of sp³-hybridized carbons (Fsp3) is 0.556. The number of ether oxygens (including phenoxy) is 3. The zero-order chi connectivity index (χ0) is 19.1. The molecule has 144 valence electrons. The zero-order valence-electron chi connectivity index (χ0n) is 15.2. The van der Waals surface area contributed by atoms with Gasteiger partial charge in [-0.15, -0.1) is 0 Å². The van der Waals surface area contributed by atoms with Crippen molar-refractivity contribution in [2.75, 3.05) is 6.54 Å². The fourth-order valence-corrected chi connectivity index (χ4v) is 4.60. The van der Waals surface area contributed by atoms with E-state index < -0.39 is 21.9 Å². The molecule has 2 aliphatic rings. The lowest BCUT2D eigenvalue weighted by Gasteiger charge is -2.17. The molecule has 26 heavy (non-hydrogen) atoms. The van der Waals surface area contributed by atoms with E-state index in [2.05, 4.69) is 27.3 Å². The van der Waals surface area contributed by atoms with Crippen molar-refractivity contribution in [1.29, 1.82) is 0 Å². The first-order chi connectivity index (χ1) is 12.1. The molecule has 0 spiro atoms. The van der Waals surface area contributed by atoms with Crippen molar-refractivity contribution in [2.45, 2.75) is 62.8 Å². The molecule has 0 aliphatic carbocycles. The Hall–Kier alpha value is -0.520. The predicted octanol–water partition coefficient (Wildman–Crippen LogP) is 2.90. The summed E-state index contributed by atoms with van der Waals surface area (Å²) in [5.74, 6) is -0.775. The van der Waals surface area contributed by atoms with E-state index in [4.69, 9.17) is 14.2 Å². The molecule has 0 radical (unpaired) electrons. The first-order valence-corrected chi connectivity index (χ1v) is 11.1. The van der Waals surface area contributed by atoms with Gasteiger partial charge in [0, 0.05) is 10.1 Å². The van der Waals surface area contributed by atoms with Gasteiger partial charge in [0.2, 0.25) is 10.0 Å². The number of rotatable bonds is 6. The van der Waals surface area contributed by atoms with Crippen LogP contribution in [0.4, 0.5) is 0 Å². The Morgan fingerprint density at radius 1 is 1.23 bits per heavy atom. The number of hydrogen-bond acceptors (Lipinski definition) is 5. The van der Waals surface area contributed by atoms with E-state index in [-0.39, 0.29) is 29.8 Å². The van der Waals surface area contributed by atoms with Gasteiger partial charge < -0.3 is 14.2 Å². The molecular formula is C18H24INO5S. The third-order valence-electron chi connectivity index (χ3n) is 4.42. The maximum absolute atomic E-state index is 12.5. The van der Waals surface area contributed by atoms with Crippen molar-refractivity contribution in [1.82, 2.24) is 4.72 Å². The molecule has 0 bridgehead atoms. The summed E-state index contributed by atoms with van der Waals surface area (Å²) >= 11 is 2.25. The summed E-state index contributed by atoms with van der Waals surface area (Å²) in [4.78, 5) is 0.238. The number of benzene rings is 1. The molecule has 1 N–H and O–H groups in total. The van der Waals surface area contributed by atoms with Gasteiger partial charge in [-0.2, -0.15) is 0 Å². The van der Waals surface area contributed by atoms with Gasteiger partial charge in [0.05, 0.1) is 4.90 Å². The van der Waals surface area contributed by atoms with E-state index >= 15 is 0 Å². The summed E-state index contributed by atoms with van der Waals surface area (Å²) in [6.07, 6.45) is 1.15. The van der Waals surface area contributed by atoms with Gasteiger partial charge in [-0.25, -0.2) is 13.1 Å². The van der Waals surface area contributed by atoms with Crippen LogP contribution in [0, 0.1) is 6.92 Å². The van der Waals surface area contributed by atoms with Crippen LogP contribution >= 0.6 is 22.6 Å². The second-order valence-corrected chi connectivity index (χ2v) is 10.0. The highest BCUT2D eigenvalue weighted by atomic mass is 127. The van der Waals surface area contributed by atoms with Gasteiger partial charge in [0.1, 0.15) is 24.4 Å². The normalized spacial score (nSPS) is 31.2. The maximum Gasteiger partial charge on any atom is 0.240 e. The summed E-state index contributed by atoms with van der Waals surface area (Å²) in [5.41, 5.74) is 1.01. The van der Waals surface area contributed by atoms with Crippen LogP contribution in [0.25, 0.3) is 0 Å². The van der Waals surface area contributed by atoms with Crippen molar-refractivity contribution in [3.05, 3.63) is 39.5 Å². The van der Waals surface area contributed by atoms with E-state index in [1.54, 1.807) is 24.3 Å². The van der Waals surface area contributed by atoms with E-state index in [1.807, 2.05) is 33.8 Å². The third-order valence-corrected chi connectivity index (χ3v) is 7.10. The molecule has 0 unspecified atom stereocenters. The number of hydrogen-bond donors (Lipinski definition) is 1. The SMILES string of the molecule is C/C=C(\I)[C@H]1O[C@H]1[C@@H]1OC(C)(C)O[C@H]1CNS(=O)(=O)c1ccc(C)cc1. The lowest BCUT2D eigenvalue weighted by molar-refractivity contribution is -0.147. The molecule has 2 saturated heterocycles. The van der Waals surface area contributed by atoms with Crippen molar-refractivity contribution >= 4 is 32.6 Å². The van der Waals surface area contributed by atoms with Gasteiger partial charge in [0.25, 0.3) is 0 Å². The fourth-order valence-electron chi connectivity index (χ4n) is 3.05. The Labute approximate surface area is 168 Å². The molecule has 2 fully saturated rings. The van der Waals surface area contributed by atoms with Crippen LogP contribution < -0.4 is 4.72 Å². The molecule has 0 amide bonds. The molecule has 4 atom stereocenters. The maximum atomic E-state index is 12.5. The van der Waals surface area contributed by atoms with Crippen LogP contribution in [-0.4, -0.2) is 45.2 Å². The van der Waals surface area contributed by atoms with Gasteiger partial charge in [0.15, 0.2) is 5.79 Å². The van der Waals surface area contributed by atoms with Gasteiger partial charge in [-0.1, -0.05) is 23.8 Å². The summed E-state index contributed by atoms with van der Waals surface area (Å²) in [6, 6.07) is 6.74. The minimum absolute atomic E-state index is 0.000643. The zero-order valence-corrected chi connectivity index (χ0v) is 18.2. The summed E-state index contributed by atoms with van der Waals surface area (Å²) in [5, 5.41) is 0. The predicted molar refractivity (Wildman–Crippen MR) is 107 cm³/mol. The first kappa shape index (κ1) is 20.2. The molecule has 2 aliphatic heterocycles. The van der Waals surface area contributed by atoms with Crippen molar-refractivity contribution in [3.8, 4) is 0 Å². The van der Waals surface area contributed by atoms with Gasteiger partial charge >= 0.3 is 0 Å². The van der Waals surface area contributed by atoms with Crippen LogP contribution in [-0.2, 0) is 24.2 Å². The van der Waals surface area contributed by atoms with Crippen molar-refractivity contribution in [2.24, 2.45) is 0 Å². The van der Waals surface area contributed by atoms with Crippen molar-refractivity contribution in [3.63, 3.8) is 0 Å². The van der Waals surface area contributed by atoms with E-state index in [1.165, 1.54) is 0 Å². The highest BCUT2D eigenvalue weighted by Gasteiger charge is 2.56. The number of aryl methyl sites for hydroxylation is 1. The molecule has 6 nitrogen and oxygen atoms in total. The second kappa shape index (κ2) is 7.48. The Bertz CT molecular complexity index is 790. The number of sulfonamides is 1. The number of allylic oxidation sites excluding steroid dienone is 1. The summed E-state index contributed by atoms with van der Waals surface area (Å²) < 4.78 is 46.5. The van der Waals surface area contributed by atoms with Crippen LogP contribution in [0.5, 0.6) is 0 Å². The Balaban J connectivity index is 1.68. The van der Waals surface area contributed by atoms with E-state index in [0.29, 0.717) is 0 Å². The molecule has 0 saturated carbocycles. The molecule has 1 aromatic rings. The third kappa shape index (κ3) is 4.48. The van der Waals surface area contributed by atoms with Crippen molar-refractivity contribution < 1.29 is 22.6 Å². The number of epoxide rings is 1. The lowest BCUT2D eigenvalue weighted by Crippen LogP contribution is -2.40. The standard InChI is InChI=1S/C18H24INO5S/c1-5-13(19)15-17(23-15)16-14(24-18(3,4)25-16)10-20-26(21,22)12-8-6-11(2)7-9-12/h5-9,14-17,20H,10H2,1-4H3/b13-5-/t14-,15+,16+,17+/m0/s1. The smallest absolute Gasteiger partial charge is 0.240 e. The minimum Gasteiger partial charge on any atom is -0.361 e. The number of nitrogens with one attached hydrogen (secondary N) is 1. The lowest BCUT2D eigenvalue weighted by atomic mass is 10.1. The average molecular weight is 493 g/mol. The average Bonchev–Trinajstić information content (AvgIpc) is 3.31. The van der Waals surface area contributed by atoms with Gasteiger partial charge in [-0.05, 0) is 62.4 Å². The van der Waals surface area contributed by atoms with E-state index in [9.17, 15) is 8.42 Å². The second-order valence-electron chi connectivity index (χ2n) is 7.00. The quantitative estimate of drug-likeness (QED) is 0.487. The topological polar surface area (TPSA) is 77.2 Å². The van der Waals surface area contributed by atoms with Crippen LogP contribution in [0.1, 0.15) is 26.3 Å². The molecule has 0 aromatic heterocycles. The van der Waals surface area contributed by atoms with Crippen LogP contribution in [0.3, 0.4) is 0 Å². The van der Waals surface area contributed by atoms with Crippen LogP contribution in [0.2, 0.25) is 0 Å². The monoisotopic (exact) mass is 493 g/mol. The highest BCUT2D eigenvalue weighted by molar-refractivity contribution is 14.1. The van der Waals surface area contributed by atoms with E-state index in [0.717, 1.165) is 9.14 Å². The minimum atomic E-state index is -3.60. The Kier molecular flexibility index (Phi) is 5.82. The molecule has 2 heterocycles. The molecule has 3 rings (SSSR count). The Morgan fingerprint density at radius 3 is 2.50 bits per heavy atom.